The highest BCUT2D eigenvalue weighted by atomic mass is 15.2. The van der Waals surface area contributed by atoms with Crippen LogP contribution >= 0.6 is 0 Å². The Kier molecular flexibility index (Phi) is 3.16. The summed E-state index contributed by atoms with van der Waals surface area (Å²) in [4.78, 5) is 11.2. The first-order valence-corrected chi connectivity index (χ1v) is 6.64. The molecular weight excluding hydrogens is 224 g/mol. The molecule has 0 spiro atoms. The van der Waals surface area contributed by atoms with Crippen LogP contribution in [0.15, 0.2) is 6.07 Å². The summed E-state index contributed by atoms with van der Waals surface area (Å²) in [5, 5.41) is 3.35. The molecule has 1 saturated carbocycles. The normalized spacial score (nSPS) is 19.3. The van der Waals surface area contributed by atoms with Gasteiger partial charge >= 0.3 is 0 Å². The molecule has 0 atom stereocenters. The van der Waals surface area contributed by atoms with Crippen LogP contribution in [0.25, 0.3) is 0 Å². The molecule has 1 aliphatic heterocycles. The Bertz CT molecular complexity index is 490. The molecule has 1 saturated heterocycles. The number of nitrogens with zero attached hydrogens (tertiary/aromatic N) is 3. The molecule has 0 amide bonds. The third-order valence-electron chi connectivity index (χ3n) is 3.25. The number of aromatic nitrogens is 2. The smallest absolute Gasteiger partial charge is 0.133 e. The van der Waals surface area contributed by atoms with Gasteiger partial charge in [0.2, 0.25) is 0 Å². The van der Waals surface area contributed by atoms with Gasteiger partial charge in [0.05, 0.1) is 0 Å². The second-order valence-corrected chi connectivity index (χ2v) is 4.94. The van der Waals surface area contributed by atoms with Gasteiger partial charge in [-0.25, -0.2) is 9.97 Å². The molecule has 4 nitrogen and oxygen atoms in total. The van der Waals surface area contributed by atoms with Gasteiger partial charge in [-0.05, 0) is 25.7 Å². The van der Waals surface area contributed by atoms with E-state index in [1.807, 2.05) is 13.0 Å². The zero-order valence-corrected chi connectivity index (χ0v) is 10.7. The number of nitrogens with one attached hydrogen (secondary N) is 1. The van der Waals surface area contributed by atoms with E-state index in [1.165, 1.54) is 12.8 Å². The minimum absolute atomic E-state index is 0.614. The van der Waals surface area contributed by atoms with Crippen molar-refractivity contribution in [2.75, 3.05) is 31.1 Å². The fourth-order valence-corrected chi connectivity index (χ4v) is 2.08. The Morgan fingerprint density at radius 3 is 2.78 bits per heavy atom. The summed E-state index contributed by atoms with van der Waals surface area (Å²) in [6.45, 7) is 5.99. The van der Waals surface area contributed by atoms with Gasteiger partial charge in [0.1, 0.15) is 17.3 Å². The molecule has 4 heteroatoms. The van der Waals surface area contributed by atoms with Crippen molar-refractivity contribution in [1.82, 2.24) is 15.3 Å². The molecular formula is C14H18N4. The largest absolute Gasteiger partial charge is 0.354 e. The van der Waals surface area contributed by atoms with Gasteiger partial charge < -0.3 is 10.2 Å². The van der Waals surface area contributed by atoms with Crippen LogP contribution in [0.2, 0.25) is 0 Å². The van der Waals surface area contributed by atoms with E-state index in [4.69, 9.17) is 0 Å². The second kappa shape index (κ2) is 4.95. The lowest BCUT2D eigenvalue weighted by Gasteiger charge is -2.28. The van der Waals surface area contributed by atoms with E-state index in [-0.39, 0.29) is 0 Å². The molecule has 18 heavy (non-hydrogen) atoms. The van der Waals surface area contributed by atoms with E-state index in [9.17, 15) is 0 Å². The molecule has 1 aromatic rings. The number of hydrogen-bond donors (Lipinski definition) is 1. The summed E-state index contributed by atoms with van der Waals surface area (Å²) in [6.07, 6.45) is 2.50. The van der Waals surface area contributed by atoms with Crippen molar-refractivity contribution in [2.24, 2.45) is 5.92 Å². The zero-order valence-electron chi connectivity index (χ0n) is 10.7. The predicted octanol–water partition coefficient (Wildman–Crippen LogP) is 0.956. The van der Waals surface area contributed by atoms with Crippen molar-refractivity contribution in [1.29, 1.82) is 0 Å². The standard InChI is InChI=1S/C14H18N4/c1-11-16-13(5-4-12-2-3-12)10-14(17-11)18-8-6-15-7-9-18/h10,12,15H,2-3,6-9H2,1H3. The van der Waals surface area contributed by atoms with Crippen LogP contribution in [0.1, 0.15) is 24.4 Å². The van der Waals surface area contributed by atoms with E-state index in [1.54, 1.807) is 0 Å². The van der Waals surface area contributed by atoms with Crippen LogP contribution in [0.4, 0.5) is 5.82 Å². The first-order chi connectivity index (χ1) is 8.81. The molecule has 2 aliphatic rings. The fourth-order valence-electron chi connectivity index (χ4n) is 2.08. The van der Waals surface area contributed by atoms with E-state index in [0.29, 0.717) is 5.92 Å². The molecule has 0 bridgehead atoms. The summed E-state index contributed by atoms with van der Waals surface area (Å²) >= 11 is 0. The minimum Gasteiger partial charge on any atom is -0.354 e. The van der Waals surface area contributed by atoms with Crippen LogP contribution < -0.4 is 10.2 Å². The quantitative estimate of drug-likeness (QED) is 0.745. The van der Waals surface area contributed by atoms with Gasteiger partial charge in [-0.1, -0.05) is 5.92 Å². The van der Waals surface area contributed by atoms with Gasteiger partial charge in [-0.15, -0.1) is 0 Å². The SMILES string of the molecule is Cc1nc(C#CC2CC2)cc(N2CCNCC2)n1. The van der Waals surface area contributed by atoms with E-state index >= 15 is 0 Å². The highest BCUT2D eigenvalue weighted by Crippen LogP contribution is 2.27. The predicted molar refractivity (Wildman–Crippen MR) is 71.5 cm³/mol. The summed E-state index contributed by atoms with van der Waals surface area (Å²) in [6, 6.07) is 2.02. The molecule has 1 aliphatic carbocycles. The lowest BCUT2D eigenvalue weighted by atomic mass is 10.3. The maximum absolute atomic E-state index is 4.52. The highest BCUT2D eigenvalue weighted by molar-refractivity contribution is 5.45. The second-order valence-electron chi connectivity index (χ2n) is 4.94. The zero-order chi connectivity index (χ0) is 12.4. The maximum atomic E-state index is 4.52. The number of anilines is 1. The molecule has 0 unspecified atom stereocenters. The fraction of sp³-hybridized carbons (Fsp3) is 0.571. The average Bonchev–Trinajstić information content (AvgIpc) is 3.21. The van der Waals surface area contributed by atoms with Crippen molar-refractivity contribution in [2.45, 2.75) is 19.8 Å². The first kappa shape index (κ1) is 11.5. The monoisotopic (exact) mass is 242 g/mol. The van der Waals surface area contributed by atoms with Gasteiger partial charge in [-0.2, -0.15) is 0 Å². The molecule has 1 N–H and O–H groups in total. The summed E-state index contributed by atoms with van der Waals surface area (Å²) in [7, 11) is 0. The van der Waals surface area contributed by atoms with Crippen molar-refractivity contribution >= 4 is 5.82 Å². The molecule has 3 rings (SSSR count). The van der Waals surface area contributed by atoms with Crippen molar-refractivity contribution in [3.8, 4) is 11.8 Å². The minimum atomic E-state index is 0.614. The summed E-state index contributed by atoms with van der Waals surface area (Å²) in [5.41, 5.74) is 0.864. The van der Waals surface area contributed by atoms with E-state index in [2.05, 4.69) is 32.0 Å². The number of aryl methyl sites for hydroxylation is 1. The Balaban J connectivity index is 1.83. The lowest BCUT2D eigenvalue weighted by molar-refractivity contribution is 0.584. The van der Waals surface area contributed by atoms with Crippen LogP contribution in [0.5, 0.6) is 0 Å². The van der Waals surface area contributed by atoms with Gasteiger partial charge in [0.15, 0.2) is 0 Å². The van der Waals surface area contributed by atoms with Crippen LogP contribution in [-0.2, 0) is 0 Å². The van der Waals surface area contributed by atoms with Crippen molar-refractivity contribution in [3.05, 3.63) is 17.6 Å². The third-order valence-corrected chi connectivity index (χ3v) is 3.25. The Morgan fingerprint density at radius 2 is 2.06 bits per heavy atom. The molecule has 94 valence electrons. The molecule has 0 radical (unpaired) electrons. The topological polar surface area (TPSA) is 41.1 Å². The third kappa shape index (κ3) is 2.80. The van der Waals surface area contributed by atoms with Gasteiger partial charge in [0.25, 0.3) is 0 Å². The molecule has 2 heterocycles. The number of rotatable bonds is 1. The van der Waals surface area contributed by atoms with Crippen LogP contribution in [0.3, 0.4) is 0 Å². The van der Waals surface area contributed by atoms with Gasteiger partial charge in [-0.3, -0.25) is 0 Å². The highest BCUT2D eigenvalue weighted by Gasteiger charge is 2.18. The molecule has 1 aromatic heterocycles. The average molecular weight is 242 g/mol. The number of hydrogen-bond acceptors (Lipinski definition) is 4. The first-order valence-electron chi connectivity index (χ1n) is 6.64. The summed E-state index contributed by atoms with van der Waals surface area (Å²) in [5.74, 6) is 8.89. The summed E-state index contributed by atoms with van der Waals surface area (Å²) < 4.78 is 0. The van der Waals surface area contributed by atoms with Crippen molar-refractivity contribution < 1.29 is 0 Å². The van der Waals surface area contributed by atoms with Crippen LogP contribution in [0, 0.1) is 24.7 Å². The van der Waals surface area contributed by atoms with Crippen LogP contribution in [-0.4, -0.2) is 36.1 Å². The van der Waals surface area contributed by atoms with E-state index < -0.39 is 0 Å². The maximum Gasteiger partial charge on any atom is 0.133 e. The number of piperazine rings is 1. The van der Waals surface area contributed by atoms with Gasteiger partial charge in [0, 0.05) is 38.2 Å². The molecule has 0 aromatic carbocycles. The van der Waals surface area contributed by atoms with Crippen molar-refractivity contribution in [3.63, 3.8) is 0 Å². The van der Waals surface area contributed by atoms with E-state index in [0.717, 1.165) is 43.5 Å². The molecule has 2 fully saturated rings. The lowest BCUT2D eigenvalue weighted by Crippen LogP contribution is -2.44. The Morgan fingerprint density at radius 1 is 1.28 bits per heavy atom. The Labute approximate surface area is 108 Å². The Hall–Kier alpha value is -1.60.